The van der Waals surface area contributed by atoms with Gasteiger partial charge in [-0.1, -0.05) is 13.3 Å². The Morgan fingerprint density at radius 2 is 1.83 bits per heavy atom. The molecule has 2 N–H and O–H groups in total. The van der Waals surface area contributed by atoms with Gasteiger partial charge in [0.2, 0.25) is 0 Å². The lowest BCUT2D eigenvalue weighted by molar-refractivity contribution is -0.181. The van der Waals surface area contributed by atoms with Crippen LogP contribution < -0.4 is 0 Å². The van der Waals surface area contributed by atoms with Gasteiger partial charge in [-0.2, -0.15) is 0 Å². The van der Waals surface area contributed by atoms with E-state index < -0.39 is 11.4 Å². The van der Waals surface area contributed by atoms with Crippen LogP contribution in [-0.4, -0.2) is 22.8 Å². The highest BCUT2D eigenvalue weighted by Crippen LogP contribution is 2.72. The van der Waals surface area contributed by atoms with Crippen molar-refractivity contribution in [1.82, 2.24) is 0 Å². The molecule has 4 fully saturated rings. The number of aliphatic hydroxyl groups is 1. The Bertz CT molecular complexity index is 517. The van der Waals surface area contributed by atoms with E-state index >= 15 is 0 Å². The molecule has 23 heavy (non-hydrogen) atoms. The van der Waals surface area contributed by atoms with Gasteiger partial charge in [-0.25, -0.2) is 0 Å². The Kier molecular flexibility index (Phi) is 3.44. The van der Waals surface area contributed by atoms with Crippen LogP contribution in [-0.2, 0) is 4.79 Å². The fourth-order valence-corrected chi connectivity index (χ4v) is 8.06. The first-order valence-electron chi connectivity index (χ1n) is 9.70. The van der Waals surface area contributed by atoms with Crippen LogP contribution in [0.1, 0.15) is 71.6 Å². The van der Waals surface area contributed by atoms with E-state index in [0.717, 1.165) is 25.2 Å². The van der Waals surface area contributed by atoms with E-state index in [4.69, 9.17) is 0 Å². The van der Waals surface area contributed by atoms with Crippen molar-refractivity contribution in [1.29, 1.82) is 0 Å². The highest BCUT2D eigenvalue weighted by atomic mass is 16.4. The number of carbonyl (C=O) groups is 1. The molecule has 1 spiro atoms. The molecule has 0 heterocycles. The van der Waals surface area contributed by atoms with Gasteiger partial charge < -0.3 is 10.2 Å². The minimum Gasteiger partial charge on any atom is -0.481 e. The predicted molar refractivity (Wildman–Crippen MR) is 88.9 cm³/mol. The van der Waals surface area contributed by atoms with E-state index in [1.165, 1.54) is 38.5 Å². The van der Waals surface area contributed by atoms with Crippen LogP contribution in [0.25, 0.3) is 0 Å². The van der Waals surface area contributed by atoms with Crippen molar-refractivity contribution in [3.8, 4) is 0 Å². The number of fused-ring (bicyclic) bond motifs is 3. The molecular formula is C20H32O3. The number of carboxylic acids is 1. The zero-order valence-electron chi connectivity index (χ0n) is 14.7. The summed E-state index contributed by atoms with van der Waals surface area (Å²) in [6.45, 7) is 4.80. The van der Waals surface area contributed by atoms with Crippen molar-refractivity contribution in [2.75, 3.05) is 6.61 Å². The van der Waals surface area contributed by atoms with Gasteiger partial charge in [0.05, 0.1) is 5.41 Å². The Labute approximate surface area is 139 Å². The summed E-state index contributed by atoms with van der Waals surface area (Å²) in [4.78, 5) is 12.1. The first-order valence-corrected chi connectivity index (χ1v) is 9.70. The number of rotatable bonds is 2. The third kappa shape index (κ3) is 1.95. The van der Waals surface area contributed by atoms with Gasteiger partial charge in [0.25, 0.3) is 0 Å². The molecule has 0 aromatic heterocycles. The lowest BCUT2D eigenvalue weighted by Gasteiger charge is -2.63. The maximum absolute atomic E-state index is 12.1. The lowest BCUT2D eigenvalue weighted by Crippen LogP contribution is -2.58. The van der Waals surface area contributed by atoms with Crippen molar-refractivity contribution in [2.24, 2.45) is 39.9 Å². The third-order valence-electron chi connectivity index (χ3n) is 9.00. The number of carboxylic acid groups (broad SMARTS) is 1. The standard InChI is InChI=1S/C20H32O3/c1-18-7-3-8-19(2,17(22)23)15(18)6-9-20-10-13(4-5-16(18)20)14(11-20)12-21/h13-16,21H,3-12H2,1-2H3,(H,22,23)/t13-,14-,15+,16+,18-,19-,20-/m0/s1. The predicted octanol–water partition coefficient (Wildman–Crippen LogP) is 4.09. The van der Waals surface area contributed by atoms with Crippen molar-refractivity contribution >= 4 is 5.97 Å². The second-order valence-corrected chi connectivity index (χ2v) is 9.78. The van der Waals surface area contributed by atoms with Crippen LogP contribution in [0.3, 0.4) is 0 Å². The Morgan fingerprint density at radius 3 is 2.52 bits per heavy atom. The maximum atomic E-state index is 12.1. The zero-order valence-corrected chi connectivity index (χ0v) is 14.7. The first-order chi connectivity index (χ1) is 10.9. The summed E-state index contributed by atoms with van der Waals surface area (Å²) in [5, 5.41) is 19.7. The number of aliphatic carboxylic acids is 1. The van der Waals surface area contributed by atoms with Crippen LogP contribution in [0.4, 0.5) is 0 Å². The molecule has 130 valence electrons. The quantitative estimate of drug-likeness (QED) is 0.805. The first kappa shape index (κ1) is 15.9. The molecule has 4 saturated carbocycles. The number of aliphatic hydroxyl groups excluding tert-OH is 1. The average Bonchev–Trinajstić information content (AvgIpc) is 2.77. The molecule has 7 atom stereocenters. The molecule has 0 aromatic carbocycles. The normalized spacial score (nSPS) is 55.1. The SMILES string of the molecule is C[C@]12CCC[C@](C)(C(=O)O)[C@@H]1CC[C@]13C[C@@H](CO)[C@@H](CC[C@@H]12)C3. The highest BCUT2D eigenvalue weighted by Gasteiger charge is 2.65. The zero-order chi connectivity index (χ0) is 16.5. The van der Waals surface area contributed by atoms with E-state index in [-0.39, 0.29) is 5.41 Å². The van der Waals surface area contributed by atoms with Crippen molar-refractivity contribution in [3.05, 3.63) is 0 Å². The summed E-state index contributed by atoms with van der Waals surface area (Å²) < 4.78 is 0. The largest absolute Gasteiger partial charge is 0.481 e. The van der Waals surface area contributed by atoms with E-state index in [1.54, 1.807) is 0 Å². The molecule has 4 aliphatic rings. The topological polar surface area (TPSA) is 57.5 Å². The summed E-state index contributed by atoms with van der Waals surface area (Å²) in [5.74, 6) is 1.68. The average molecular weight is 320 g/mol. The Balaban J connectivity index is 1.71. The summed E-state index contributed by atoms with van der Waals surface area (Å²) in [5.41, 5.74) is 0.0811. The van der Waals surface area contributed by atoms with E-state index in [9.17, 15) is 15.0 Å². The highest BCUT2D eigenvalue weighted by molar-refractivity contribution is 5.75. The fourth-order valence-electron chi connectivity index (χ4n) is 8.06. The molecule has 4 rings (SSSR count). The molecule has 2 bridgehead atoms. The van der Waals surface area contributed by atoms with Crippen LogP contribution in [0.2, 0.25) is 0 Å². The second kappa shape index (κ2) is 4.97. The second-order valence-electron chi connectivity index (χ2n) is 9.78. The minimum atomic E-state index is -0.572. The van der Waals surface area contributed by atoms with Gasteiger partial charge >= 0.3 is 5.97 Å². The van der Waals surface area contributed by atoms with E-state index in [1.807, 2.05) is 6.92 Å². The molecule has 0 amide bonds. The smallest absolute Gasteiger partial charge is 0.309 e. The minimum absolute atomic E-state index is 0.193. The van der Waals surface area contributed by atoms with Crippen LogP contribution in [0.5, 0.6) is 0 Å². The molecular weight excluding hydrogens is 288 g/mol. The van der Waals surface area contributed by atoms with Gasteiger partial charge in [0, 0.05) is 6.61 Å². The molecule has 0 radical (unpaired) electrons. The summed E-state index contributed by atoms with van der Waals surface area (Å²) in [7, 11) is 0. The maximum Gasteiger partial charge on any atom is 0.309 e. The molecule has 4 aliphatic carbocycles. The van der Waals surface area contributed by atoms with Crippen molar-refractivity contribution in [2.45, 2.75) is 71.6 Å². The van der Waals surface area contributed by atoms with E-state index in [0.29, 0.717) is 29.8 Å². The summed E-state index contributed by atoms with van der Waals surface area (Å²) in [6.07, 6.45) is 10.4. The third-order valence-corrected chi connectivity index (χ3v) is 9.00. The summed E-state index contributed by atoms with van der Waals surface area (Å²) in [6, 6.07) is 0. The molecule has 0 unspecified atom stereocenters. The molecule has 0 aliphatic heterocycles. The van der Waals surface area contributed by atoms with Crippen molar-refractivity contribution in [3.63, 3.8) is 0 Å². The Hall–Kier alpha value is -0.570. The van der Waals surface area contributed by atoms with Crippen LogP contribution in [0, 0.1) is 39.9 Å². The van der Waals surface area contributed by atoms with Crippen LogP contribution in [0.15, 0.2) is 0 Å². The number of hydrogen-bond acceptors (Lipinski definition) is 2. The van der Waals surface area contributed by atoms with E-state index in [2.05, 4.69) is 6.92 Å². The molecule has 0 saturated heterocycles. The number of hydrogen-bond donors (Lipinski definition) is 2. The molecule has 0 aromatic rings. The van der Waals surface area contributed by atoms with Gasteiger partial charge in [-0.15, -0.1) is 0 Å². The monoisotopic (exact) mass is 320 g/mol. The van der Waals surface area contributed by atoms with Crippen LogP contribution >= 0.6 is 0 Å². The lowest BCUT2D eigenvalue weighted by atomic mass is 9.41. The fraction of sp³-hybridized carbons (Fsp3) is 0.950. The molecule has 3 nitrogen and oxygen atoms in total. The van der Waals surface area contributed by atoms with Gasteiger partial charge in [0.15, 0.2) is 0 Å². The van der Waals surface area contributed by atoms with Gasteiger partial charge in [0.1, 0.15) is 0 Å². The van der Waals surface area contributed by atoms with Gasteiger partial charge in [-0.3, -0.25) is 4.79 Å². The van der Waals surface area contributed by atoms with Crippen molar-refractivity contribution < 1.29 is 15.0 Å². The molecule has 3 heteroatoms. The Morgan fingerprint density at radius 1 is 1.04 bits per heavy atom. The summed E-state index contributed by atoms with van der Waals surface area (Å²) >= 11 is 0. The van der Waals surface area contributed by atoms with Gasteiger partial charge in [-0.05, 0) is 92.8 Å².